The van der Waals surface area contributed by atoms with E-state index in [1.54, 1.807) is 25.7 Å². The second-order valence-electron chi connectivity index (χ2n) is 5.94. The zero-order chi connectivity index (χ0) is 16.3. The number of hydrogen-bond donors (Lipinski definition) is 0. The van der Waals surface area contributed by atoms with Crippen LogP contribution in [0.4, 0.5) is 10.5 Å². The molecule has 22 heavy (non-hydrogen) atoms. The first-order chi connectivity index (χ1) is 10.2. The van der Waals surface area contributed by atoms with E-state index in [2.05, 4.69) is 9.97 Å². The Bertz CT molecular complexity index is 555. The van der Waals surface area contributed by atoms with Crippen LogP contribution >= 0.6 is 0 Å². The van der Waals surface area contributed by atoms with E-state index < -0.39 is 10.5 Å². The summed E-state index contributed by atoms with van der Waals surface area (Å²) in [7, 11) is 0. The molecule has 0 radical (unpaired) electrons. The van der Waals surface area contributed by atoms with Gasteiger partial charge in [-0.3, -0.25) is 10.1 Å². The van der Waals surface area contributed by atoms with Gasteiger partial charge >= 0.3 is 17.8 Å². The van der Waals surface area contributed by atoms with Crippen LogP contribution in [0.3, 0.4) is 0 Å². The molecule has 1 aromatic rings. The molecule has 1 atom stereocenters. The summed E-state index contributed by atoms with van der Waals surface area (Å²) in [5.74, 6) is 0. The third-order valence-corrected chi connectivity index (χ3v) is 2.89. The predicted molar refractivity (Wildman–Crippen MR) is 75.5 cm³/mol. The molecule has 0 saturated carbocycles. The first-order valence-electron chi connectivity index (χ1n) is 6.85. The van der Waals surface area contributed by atoms with Gasteiger partial charge in [-0.15, -0.1) is 0 Å². The van der Waals surface area contributed by atoms with E-state index in [9.17, 15) is 14.9 Å². The summed E-state index contributed by atoms with van der Waals surface area (Å²) >= 11 is 0. The summed E-state index contributed by atoms with van der Waals surface area (Å²) in [5.41, 5.74) is -0.744. The molecule has 2 rings (SSSR count). The van der Waals surface area contributed by atoms with Crippen LogP contribution in [0, 0.1) is 10.1 Å². The van der Waals surface area contributed by atoms with Crippen molar-refractivity contribution in [3.8, 4) is 6.01 Å². The van der Waals surface area contributed by atoms with E-state index in [0.29, 0.717) is 19.5 Å². The minimum Gasteiger partial charge on any atom is -0.458 e. The Morgan fingerprint density at radius 2 is 2.05 bits per heavy atom. The quantitative estimate of drug-likeness (QED) is 0.618. The van der Waals surface area contributed by atoms with E-state index >= 15 is 0 Å². The van der Waals surface area contributed by atoms with Crippen molar-refractivity contribution in [3.05, 3.63) is 22.5 Å². The topological polar surface area (TPSA) is 108 Å². The number of nitrogens with zero attached hydrogens (tertiary/aromatic N) is 4. The summed E-state index contributed by atoms with van der Waals surface area (Å²) in [6.07, 6.45) is 2.16. The number of aromatic nitrogens is 2. The first-order valence-corrected chi connectivity index (χ1v) is 6.85. The maximum Gasteiger partial charge on any atom is 0.410 e. The van der Waals surface area contributed by atoms with Crippen LogP contribution in [0.5, 0.6) is 6.01 Å². The van der Waals surface area contributed by atoms with E-state index in [-0.39, 0.29) is 23.9 Å². The van der Waals surface area contributed by atoms with Crippen LogP contribution in [-0.2, 0) is 4.74 Å². The summed E-state index contributed by atoms with van der Waals surface area (Å²) in [5, 5.41) is 10.5. The Labute approximate surface area is 127 Å². The average molecular weight is 310 g/mol. The summed E-state index contributed by atoms with van der Waals surface area (Å²) < 4.78 is 10.8. The van der Waals surface area contributed by atoms with Crippen molar-refractivity contribution in [2.24, 2.45) is 0 Å². The molecule has 1 unspecified atom stereocenters. The summed E-state index contributed by atoms with van der Waals surface area (Å²) in [4.78, 5) is 31.0. The fraction of sp³-hybridized carbons (Fsp3) is 0.615. The number of carbonyl (C=O) groups excluding carboxylic acids is 1. The Morgan fingerprint density at radius 1 is 1.41 bits per heavy atom. The number of carbonyl (C=O) groups is 1. The number of nitro groups is 1. The van der Waals surface area contributed by atoms with Crippen LogP contribution in [-0.4, -0.2) is 50.7 Å². The van der Waals surface area contributed by atoms with Crippen molar-refractivity contribution < 1.29 is 19.2 Å². The van der Waals surface area contributed by atoms with Gasteiger partial charge in [0.25, 0.3) is 0 Å². The lowest BCUT2D eigenvalue weighted by atomic mass is 10.2. The highest BCUT2D eigenvalue weighted by atomic mass is 16.6. The highest BCUT2D eigenvalue weighted by Gasteiger charge is 2.31. The van der Waals surface area contributed by atoms with Gasteiger partial charge in [-0.1, -0.05) is 0 Å². The highest BCUT2D eigenvalue weighted by molar-refractivity contribution is 5.68. The second kappa shape index (κ2) is 6.12. The van der Waals surface area contributed by atoms with Crippen LogP contribution < -0.4 is 4.74 Å². The monoisotopic (exact) mass is 310 g/mol. The molecule has 1 saturated heterocycles. The summed E-state index contributed by atoms with van der Waals surface area (Å²) in [6.45, 7) is 6.31. The molecule has 0 spiro atoms. The molecule has 0 aliphatic carbocycles. The first kappa shape index (κ1) is 15.9. The molecule has 1 fully saturated rings. The Hall–Kier alpha value is -2.45. The van der Waals surface area contributed by atoms with E-state index in [0.717, 1.165) is 12.4 Å². The number of ether oxygens (including phenoxy) is 2. The minimum absolute atomic E-state index is 0.0571. The summed E-state index contributed by atoms with van der Waals surface area (Å²) in [6, 6.07) is 0.0571. The van der Waals surface area contributed by atoms with Gasteiger partial charge < -0.3 is 14.4 Å². The fourth-order valence-electron chi connectivity index (χ4n) is 1.93. The molecule has 0 bridgehead atoms. The van der Waals surface area contributed by atoms with Crippen LogP contribution in [0.1, 0.15) is 27.2 Å². The highest BCUT2D eigenvalue weighted by Crippen LogP contribution is 2.19. The maximum absolute atomic E-state index is 11.9. The van der Waals surface area contributed by atoms with Crippen LogP contribution in [0.2, 0.25) is 0 Å². The maximum atomic E-state index is 11.9. The van der Waals surface area contributed by atoms with Crippen molar-refractivity contribution >= 4 is 11.8 Å². The van der Waals surface area contributed by atoms with E-state index in [1.807, 2.05) is 0 Å². The van der Waals surface area contributed by atoms with E-state index in [1.165, 1.54) is 0 Å². The number of likely N-dealkylation sites (tertiary alicyclic amines) is 1. The lowest BCUT2D eigenvalue weighted by molar-refractivity contribution is -0.385. The third kappa shape index (κ3) is 4.27. The van der Waals surface area contributed by atoms with Gasteiger partial charge in [-0.25, -0.2) is 4.79 Å². The van der Waals surface area contributed by atoms with Crippen molar-refractivity contribution in [2.45, 2.75) is 38.9 Å². The Morgan fingerprint density at radius 3 is 2.59 bits per heavy atom. The molecule has 0 aromatic carbocycles. The lowest BCUT2D eigenvalue weighted by Crippen LogP contribution is -2.36. The van der Waals surface area contributed by atoms with Gasteiger partial charge in [-0.2, -0.15) is 9.97 Å². The Kier molecular flexibility index (Phi) is 4.43. The molecular weight excluding hydrogens is 292 g/mol. The lowest BCUT2D eigenvalue weighted by Gasteiger charge is -2.24. The van der Waals surface area contributed by atoms with Crippen molar-refractivity contribution in [2.75, 3.05) is 13.1 Å². The molecule has 1 aliphatic rings. The van der Waals surface area contributed by atoms with Gasteiger partial charge in [0.05, 0.1) is 11.5 Å². The Balaban J connectivity index is 1.88. The molecular formula is C13H18N4O5. The number of hydrogen-bond acceptors (Lipinski definition) is 7. The zero-order valence-corrected chi connectivity index (χ0v) is 12.7. The molecule has 0 N–H and O–H groups in total. The smallest absolute Gasteiger partial charge is 0.410 e. The second-order valence-corrected chi connectivity index (χ2v) is 5.94. The van der Waals surface area contributed by atoms with Gasteiger partial charge in [0.2, 0.25) is 0 Å². The van der Waals surface area contributed by atoms with Crippen molar-refractivity contribution in [1.82, 2.24) is 14.9 Å². The predicted octanol–water partition coefficient (Wildman–Crippen LogP) is 1.77. The van der Waals surface area contributed by atoms with Gasteiger partial charge in [0, 0.05) is 13.0 Å². The molecule has 1 aliphatic heterocycles. The number of amides is 1. The average Bonchev–Trinajstić information content (AvgIpc) is 2.86. The van der Waals surface area contributed by atoms with Gasteiger partial charge in [0.1, 0.15) is 24.1 Å². The van der Waals surface area contributed by atoms with Crippen LogP contribution in [0.25, 0.3) is 0 Å². The fourth-order valence-corrected chi connectivity index (χ4v) is 1.93. The standard InChI is InChI=1S/C13H18N4O5/c1-13(2,3)22-12(18)16-5-4-10(8-16)21-11-14-6-9(7-15-11)17(19)20/h6-7,10H,4-5,8H2,1-3H3. The molecule has 1 aromatic heterocycles. The van der Waals surface area contributed by atoms with E-state index in [4.69, 9.17) is 9.47 Å². The molecule has 2 heterocycles. The largest absolute Gasteiger partial charge is 0.458 e. The third-order valence-electron chi connectivity index (χ3n) is 2.89. The normalized spacial score (nSPS) is 18.1. The molecule has 120 valence electrons. The zero-order valence-electron chi connectivity index (χ0n) is 12.7. The minimum atomic E-state index is -0.580. The molecule has 9 heteroatoms. The van der Waals surface area contributed by atoms with Gasteiger partial charge in [-0.05, 0) is 20.8 Å². The van der Waals surface area contributed by atoms with Crippen molar-refractivity contribution in [1.29, 1.82) is 0 Å². The molecule has 1 amide bonds. The number of rotatable bonds is 3. The SMILES string of the molecule is CC(C)(C)OC(=O)N1CCC(Oc2ncc([N+](=O)[O-])cn2)C1. The molecule has 9 nitrogen and oxygen atoms in total. The van der Waals surface area contributed by atoms with Crippen LogP contribution in [0.15, 0.2) is 12.4 Å². The van der Waals surface area contributed by atoms with Crippen molar-refractivity contribution in [3.63, 3.8) is 0 Å². The van der Waals surface area contributed by atoms with Gasteiger partial charge in [0.15, 0.2) is 0 Å².